The zero-order valence-corrected chi connectivity index (χ0v) is 12.7. The maximum absolute atomic E-state index is 12.2. The average Bonchev–Trinajstić information content (AvgIpc) is 2.13. The Morgan fingerprint density at radius 2 is 1.67 bits per heavy atom. The summed E-state index contributed by atoms with van der Waals surface area (Å²) in [5, 5.41) is 3.40. The van der Waals surface area contributed by atoms with Crippen molar-refractivity contribution < 1.29 is 9.53 Å². The van der Waals surface area contributed by atoms with E-state index < -0.39 is 5.60 Å². The first-order valence-corrected chi connectivity index (χ1v) is 6.68. The van der Waals surface area contributed by atoms with Crippen LogP contribution in [0.5, 0.6) is 0 Å². The summed E-state index contributed by atoms with van der Waals surface area (Å²) in [5.74, 6) is 0.00653. The van der Waals surface area contributed by atoms with Gasteiger partial charge in [0.15, 0.2) is 0 Å². The highest BCUT2D eigenvalue weighted by molar-refractivity contribution is 5.77. The molecule has 18 heavy (non-hydrogen) atoms. The SMILES string of the molecule is C[C@H]1C=C[C@@H](C(C)(C)C)N[C@H]1C(=O)OC(C)(C)C. The van der Waals surface area contributed by atoms with E-state index in [1.165, 1.54) is 0 Å². The van der Waals surface area contributed by atoms with Gasteiger partial charge in [-0.05, 0) is 26.2 Å². The largest absolute Gasteiger partial charge is 0.459 e. The van der Waals surface area contributed by atoms with Gasteiger partial charge in [-0.3, -0.25) is 10.1 Å². The smallest absolute Gasteiger partial charge is 0.324 e. The van der Waals surface area contributed by atoms with E-state index in [0.29, 0.717) is 0 Å². The fraction of sp³-hybridized carbons (Fsp3) is 0.800. The van der Waals surface area contributed by atoms with E-state index in [-0.39, 0.29) is 29.4 Å². The third kappa shape index (κ3) is 4.13. The van der Waals surface area contributed by atoms with Crippen LogP contribution in [0.15, 0.2) is 12.2 Å². The summed E-state index contributed by atoms with van der Waals surface area (Å²) in [7, 11) is 0. The monoisotopic (exact) mass is 253 g/mol. The fourth-order valence-corrected chi connectivity index (χ4v) is 1.98. The molecular weight excluding hydrogens is 226 g/mol. The molecule has 0 spiro atoms. The van der Waals surface area contributed by atoms with E-state index >= 15 is 0 Å². The quantitative estimate of drug-likeness (QED) is 0.577. The first-order valence-electron chi connectivity index (χ1n) is 6.68. The van der Waals surface area contributed by atoms with Crippen molar-refractivity contribution in [1.29, 1.82) is 0 Å². The van der Waals surface area contributed by atoms with Crippen LogP contribution in [0.1, 0.15) is 48.5 Å². The molecule has 1 aliphatic heterocycles. The summed E-state index contributed by atoms with van der Waals surface area (Å²) >= 11 is 0. The summed E-state index contributed by atoms with van der Waals surface area (Å²) in [5.41, 5.74) is -0.340. The van der Waals surface area contributed by atoms with Gasteiger partial charge >= 0.3 is 5.97 Å². The molecule has 0 radical (unpaired) electrons. The second-order valence-corrected chi connectivity index (χ2v) is 7.27. The van der Waals surface area contributed by atoms with Crippen LogP contribution >= 0.6 is 0 Å². The summed E-state index contributed by atoms with van der Waals surface area (Å²) < 4.78 is 5.47. The van der Waals surface area contributed by atoms with Gasteiger partial charge in [0.1, 0.15) is 11.6 Å². The first-order chi connectivity index (χ1) is 8.00. The third-order valence-electron chi connectivity index (χ3n) is 3.09. The Hall–Kier alpha value is -0.830. The molecule has 0 aromatic carbocycles. The zero-order chi connectivity index (χ0) is 14.1. The van der Waals surface area contributed by atoms with E-state index in [4.69, 9.17) is 4.74 Å². The molecule has 0 saturated heterocycles. The van der Waals surface area contributed by atoms with E-state index in [1.54, 1.807) is 0 Å². The summed E-state index contributed by atoms with van der Waals surface area (Å²) in [6.07, 6.45) is 4.27. The van der Waals surface area contributed by atoms with Gasteiger partial charge in [-0.2, -0.15) is 0 Å². The van der Waals surface area contributed by atoms with Gasteiger partial charge in [0.25, 0.3) is 0 Å². The van der Waals surface area contributed by atoms with E-state index in [1.807, 2.05) is 27.7 Å². The number of hydrogen-bond donors (Lipinski definition) is 1. The highest BCUT2D eigenvalue weighted by Crippen LogP contribution is 2.26. The van der Waals surface area contributed by atoms with Crippen molar-refractivity contribution in [2.75, 3.05) is 0 Å². The van der Waals surface area contributed by atoms with Gasteiger partial charge in [-0.1, -0.05) is 39.8 Å². The van der Waals surface area contributed by atoms with Crippen LogP contribution in [-0.2, 0) is 9.53 Å². The van der Waals surface area contributed by atoms with Gasteiger partial charge in [-0.15, -0.1) is 0 Å². The molecule has 3 nitrogen and oxygen atoms in total. The minimum Gasteiger partial charge on any atom is -0.459 e. The Morgan fingerprint density at radius 1 is 1.11 bits per heavy atom. The molecule has 0 aromatic heterocycles. The Kier molecular flexibility index (Phi) is 4.26. The number of rotatable bonds is 1. The number of carbonyl (C=O) groups is 1. The molecule has 3 heteroatoms. The number of hydrogen-bond acceptors (Lipinski definition) is 3. The van der Waals surface area contributed by atoms with Crippen molar-refractivity contribution >= 4 is 5.97 Å². The molecule has 1 heterocycles. The molecule has 0 bridgehead atoms. The molecule has 0 fully saturated rings. The van der Waals surface area contributed by atoms with Gasteiger partial charge in [-0.25, -0.2) is 0 Å². The molecule has 104 valence electrons. The number of carbonyl (C=O) groups excluding carboxylic acids is 1. The van der Waals surface area contributed by atoms with Crippen molar-refractivity contribution in [3.63, 3.8) is 0 Å². The maximum atomic E-state index is 12.2. The lowest BCUT2D eigenvalue weighted by Crippen LogP contribution is -2.54. The van der Waals surface area contributed by atoms with Crippen LogP contribution in [0.3, 0.4) is 0 Å². The lowest BCUT2D eigenvalue weighted by atomic mass is 9.82. The normalized spacial score (nSPS) is 29.2. The maximum Gasteiger partial charge on any atom is 0.324 e. The van der Waals surface area contributed by atoms with E-state index in [0.717, 1.165) is 0 Å². The second kappa shape index (κ2) is 5.04. The molecule has 1 N–H and O–H groups in total. The molecule has 0 aromatic rings. The molecular formula is C15H27NO2. The zero-order valence-electron chi connectivity index (χ0n) is 12.7. The highest BCUT2D eigenvalue weighted by Gasteiger charge is 2.35. The predicted molar refractivity (Wildman–Crippen MR) is 74.3 cm³/mol. The number of ether oxygens (including phenoxy) is 1. The molecule has 0 amide bonds. The predicted octanol–water partition coefficient (Wildman–Crippen LogP) is 2.91. The Morgan fingerprint density at radius 3 is 2.11 bits per heavy atom. The Bertz CT molecular complexity index is 333. The number of esters is 1. The van der Waals surface area contributed by atoms with E-state index in [2.05, 4.69) is 38.2 Å². The van der Waals surface area contributed by atoms with Crippen molar-refractivity contribution in [2.24, 2.45) is 11.3 Å². The summed E-state index contributed by atoms with van der Waals surface area (Å²) in [6.45, 7) is 14.2. The van der Waals surface area contributed by atoms with Gasteiger partial charge < -0.3 is 4.74 Å². The fourth-order valence-electron chi connectivity index (χ4n) is 1.98. The van der Waals surface area contributed by atoms with E-state index in [9.17, 15) is 4.79 Å². The van der Waals surface area contributed by atoms with Crippen LogP contribution in [0.2, 0.25) is 0 Å². The number of nitrogens with one attached hydrogen (secondary N) is 1. The molecule has 0 saturated carbocycles. The standard InChI is InChI=1S/C15H27NO2/c1-10-8-9-11(14(2,3)4)16-12(10)13(17)18-15(5,6)7/h8-12,16H,1-7H3/t10-,11-,12+/m0/s1. The van der Waals surface area contributed by atoms with Crippen molar-refractivity contribution in [1.82, 2.24) is 5.32 Å². The molecule has 1 rings (SSSR count). The first kappa shape index (κ1) is 15.2. The topological polar surface area (TPSA) is 38.3 Å². The second-order valence-electron chi connectivity index (χ2n) is 7.27. The minimum atomic E-state index is -0.434. The van der Waals surface area contributed by atoms with Crippen LogP contribution in [0.25, 0.3) is 0 Å². The molecule has 1 aliphatic rings. The van der Waals surface area contributed by atoms with Crippen molar-refractivity contribution in [3.8, 4) is 0 Å². The van der Waals surface area contributed by atoms with Crippen LogP contribution < -0.4 is 5.32 Å². The van der Waals surface area contributed by atoms with Crippen molar-refractivity contribution in [3.05, 3.63) is 12.2 Å². The lowest BCUT2D eigenvalue weighted by molar-refractivity contribution is -0.159. The Labute approximate surface area is 111 Å². The van der Waals surface area contributed by atoms with Crippen LogP contribution in [0, 0.1) is 11.3 Å². The van der Waals surface area contributed by atoms with Gasteiger partial charge in [0.2, 0.25) is 0 Å². The lowest BCUT2D eigenvalue weighted by Gasteiger charge is -2.38. The van der Waals surface area contributed by atoms with Gasteiger partial charge in [0.05, 0.1) is 0 Å². The molecule has 0 aliphatic carbocycles. The van der Waals surface area contributed by atoms with Crippen LogP contribution in [0.4, 0.5) is 0 Å². The molecule has 3 atom stereocenters. The summed E-state index contributed by atoms with van der Waals surface area (Å²) in [4.78, 5) is 12.2. The summed E-state index contributed by atoms with van der Waals surface area (Å²) in [6, 6.07) is -0.0512. The molecule has 0 unspecified atom stereocenters. The average molecular weight is 253 g/mol. The van der Waals surface area contributed by atoms with Crippen molar-refractivity contribution in [2.45, 2.75) is 66.2 Å². The highest BCUT2D eigenvalue weighted by atomic mass is 16.6. The third-order valence-corrected chi connectivity index (χ3v) is 3.09. The van der Waals surface area contributed by atoms with Gasteiger partial charge in [0, 0.05) is 12.0 Å². The van der Waals surface area contributed by atoms with Crippen LogP contribution in [-0.4, -0.2) is 23.7 Å². The Balaban J connectivity index is 2.78. The minimum absolute atomic E-state index is 0.0941.